The number of alkyl halides is 3. The Bertz CT molecular complexity index is 462. The van der Waals surface area contributed by atoms with Crippen LogP contribution in [0.2, 0.25) is 0 Å². The number of methoxy groups -OCH3 is 1. The van der Waals surface area contributed by atoms with Gasteiger partial charge in [0.1, 0.15) is 5.56 Å². The summed E-state index contributed by atoms with van der Waals surface area (Å²) < 4.78 is 44.6. The smallest absolute Gasteiger partial charge is 0.465 e. The summed E-state index contributed by atoms with van der Waals surface area (Å²) in [5, 5.41) is 0. The normalized spacial score (nSPS) is 11.2. The summed E-state index contributed by atoms with van der Waals surface area (Å²) in [5.74, 6) is -1.71. The zero-order chi connectivity index (χ0) is 13.9. The number of hydrogen-bond acceptors (Lipinski definition) is 6. The molecule has 1 aromatic heterocycles. The molecule has 100 valence electrons. The Morgan fingerprint density at radius 1 is 1.50 bits per heavy atom. The van der Waals surface area contributed by atoms with Crippen molar-refractivity contribution >= 4 is 11.7 Å². The van der Waals surface area contributed by atoms with Crippen molar-refractivity contribution in [2.75, 3.05) is 12.8 Å². The molecule has 0 spiro atoms. The first kappa shape index (κ1) is 14.0. The summed E-state index contributed by atoms with van der Waals surface area (Å²) in [5.41, 5.74) is 9.58. The van der Waals surface area contributed by atoms with Crippen LogP contribution >= 0.6 is 0 Å². The van der Waals surface area contributed by atoms with Crippen molar-refractivity contribution in [3.8, 4) is 5.75 Å². The van der Waals surface area contributed by atoms with Crippen LogP contribution in [0.25, 0.3) is 0 Å². The van der Waals surface area contributed by atoms with Gasteiger partial charge >= 0.3 is 12.3 Å². The quantitative estimate of drug-likeness (QED) is 0.784. The zero-order valence-electron chi connectivity index (χ0n) is 9.25. The molecule has 0 saturated carbocycles. The van der Waals surface area contributed by atoms with Crippen LogP contribution < -0.4 is 16.2 Å². The molecule has 0 amide bonds. The fourth-order valence-corrected chi connectivity index (χ4v) is 1.20. The number of rotatable bonds is 3. The molecule has 1 heterocycles. The fourth-order valence-electron chi connectivity index (χ4n) is 1.20. The van der Waals surface area contributed by atoms with Gasteiger partial charge in [-0.25, -0.2) is 4.79 Å². The topological polar surface area (TPSA) is 100 Å². The number of ether oxygens (including phenoxy) is 2. The van der Waals surface area contributed by atoms with E-state index in [1.165, 1.54) is 0 Å². The number of esters is 1. The largest absolute Gasteiger partial charge is 0.573 e. The number of nitrogens with two attached hydrogens (primary N) is 2. The molecule has 0 aliphatic heterocycles. The van der Waals surface area contributed by atoms with Crippen LogP contribution in [0.4, 0.5) is 18.9 Å². The molecule has 4 N–H and O–H groups in total. The molecule has 0 aliphatic carbocycles. The first-order chi connectivity index (χ1) is 8.30. The average molecular weight is 265 g/mol. The van der Waals surface area contributed by atoms with Crippen molar-refractivity contribution in [3.05, 3.63) is 17.5 Å². The van der Waals surface area contributed by atoms with Crippen molar-refractivity contribution in [1.82, 2.24) is 4.98 Å². The maximum absolute atomic E-state index is 12.2. The number of carbonyl (C=O) groups is 1. The van der Waals surface area contributed by atoms with Gasteiger partial charge < -0.3 is 20.9 Å². The lowest BCUT2D eigenvalue weighted by atomic mass is 10.2. The first-order valence-corrected chi connectivity index (χ1v) is 4.61. The van der Waals surface area contributed by atoms with Gasteiger partial charge in [-0.2, -0.15) is 0 Å². The van der Waals surface area contributed by atoms with Crippen molar-refractivity contribution in [3.63, 3.8) is 0 Å². The predicted octanol–water partition coefficient (Wildman–Crippen LogP) is 0.808. The molecular weight excluding hydrogens is 255 g/mol. The van der Waals surface area contributed by atoms with Gasteiger partial charge in [-0.15, -0.1) is 13.2 Å². The van der Waals surface area contributed by atoms with Crippen LogP contribution in [-0.2, 0) is 11.3 Å². The van der Waals surface area contributed by atoms with Crippen molar-refractivity contribution in [2.45, 2.75) is 12.9 Å². The van der Waals surface area contributed by atoms with E-state index in [-0.39, 0.29) is 17.8 Å². The SMILES string of the molecule is COC(=O)c1cnc(CN)c(OC(F)(F)F)c1N. The fraction of sp³-hybridized carbons (Fsp3) is 0.333. The van der Waals surface area contributed by atoms with Crippen LogP contribution in [0.1, 0.15) is 16.1 Å². The second-order valence-corrected chi connectivity index (χ2v) is 3.10. The Morgan fingerprint density at radius 2 is 2.11 bits per heavy atom. The van der Waals surface area contributed by atoms with Gasteiger partial charge in [0.15, 0.2) is 5.75 Å². The van der Waals surface area contributed by atoms with Crippen LogP contribution in [0.15, 0.2) is 6.20 Å². The van der Waals surface area contributed by atoms with E-state index in [0.29, 0.717) is 0 Å². The third kappa shape index (κ3) is 3.00. The lowest BCUT2D eigenvalue weighted by molar-refractivity contribution is -0.274. The summed E-state index contributed by atoms with van der Waals surface area (Å²) in [6.45, 7) is -0.322. The van der Waals surface area contributed by atoms with E-state index in [1.54, 1.807) is 0 Å². The van der Waals surface area contributed by atoms with E-state index < -0.39 is 23.8 Å². The number of carbonyl (C=O) groups excluding carboxylic acids is 1. The molecule has 0 unspecified atom stereocenters. The summed E-state index contributed by atoms with van der Waals surface area (Å²) in [6, 6.07) is 0. The monoisotopic (exact) mass is 265 g/mol. The third-order valence-electron chi connectivity index (χ3n) is 1.96. The van der Waals surface area contributed by atoms with Crippen molar-refractivity contribution < 1.29 is 27.4 Å². The summed E-state index contributed by atoms with van der Waals surface area (Å²) >= 11 is 0. The summed E-state index contributed by atoms with van der Waals surface area (Å²) in [6.07, 6.45) is -3.99. The van der Waals surface area contributed by atoms with Gasteiger partial charge in [-0.3, -0.25) is 4.98 Å². The highest BCUT2D eigenvalue weighted by atomic mass is 19.4. The Kier molecular flexibility index (Phi) is 3.96. The summed E-state index contributed by atoms with van der Waals surface area (Å²) in [7, 11) is 1.06. The second-order valence-electron chi connectivity index (χ2n) is 3.10. The highest BCUT2D eigenvalue weighted by Crippen LogP contribution is 2.33. The number of nitrogen functional groups attached to an aromatic ring is 1. The Hall–Kier alpha value is -2.03. The zero-order valence-corrected chi connectivity index (χ0v) is 9.25. The second kappa shape index (κ2) is 5.08. The number of anilines is 1. The number of halogens is 3. The number of hydrogen-bond donors (Lipinski definition) is 2. The van der Waals surface area contributed by atoms with Gasteiger partial charge in [-0.05, 0) is 0 Å². The van der Waals surface area contributed by atoms with Crippen molar-refractivity contribution in [1.29, 1.82) is 0 Å². The molecule has 0 aromatic carbocycles. The third-order valence-corrected chi connectivity index (χ3v) is 1.96. The van der Waals surface area contributed by atoms with Gasteiger partial charge in [0.25, 0.3) is 0 Å². The van der Waals surface area contributed by atoms with E-state index >= 15 is 0 Å². The molecule has 1 rings (SSSR count). The van der Waals surface area contributed by atoms with Gasteiger partial charge in [0.05, 0.1) is 18.5 Å². The van der Waals surface area contributed by atoms with E-state index in [0.717, 1.165) is 13.3 Å². The average Bonchev–Trinajstić information content (AvgIpc) is 2.29. The number of aromatic nitrogens is 1. The standard InChI is InChI=1S/C9H10F3N3O3/c1-17-8(16)4-3-15-5(2-13)7(6(4)14)18-9(10,11)12/h3H,2,13H2,1H3,(H2,14,15). The Morgan fingerprint density at radius 3 is 2.56 bits per heavy atom. The summed E-state index contributed by atoms with van der Waals surface area (Å²) in [4.78, 5) is 14.8. The predicted molar refractivity (Wildman–Crippen MR) is 54.6 cm³/mol. The molecule has 18 heavy (non-hydrogen) atoms. The van der Waals surface area contributed by atoms with E-state index in [1.807, 2.05) is 0 Å². The Labute approximate surface area is 99.7 Å². The van der Waals surface area contributed by atoms with E-state index in [2.05, 4.69) is 14.5 Å². The molecule has 0 saturated heterocycles. The minimum absolute atomic E-state index is 0.211. The molecule has 9 heteroatoms. The minimum Gasteiger partial charge on any atom is -0.465 e. The number of pyridine rings is 1. The van der Waals surface area contributed by atoms with Gasteiger partial charge in [0, 0.05) is 12.7 Å². The molecule has 1 aromatic rings. The van der Waals surface area contributed by atoms with Crippen LogP contribution in [0.5, 0.6) is 5.75 Å². The molecule has 0 radical (unpaired) electrons. The Balaban J connectivity index is 3.31. The molecule has 0 bridgehead atoms. The van der Waals surface area contributed by atoms with Crippen molar-refractivity contribution in [2.24, 2.45) is 5.73 Å². The van der Waals surface area contributed by atoms with E-state index in [4.69, 9.17) is 11.5 Å². The minimum atomic E-state index is -4.96. The molecule has 0 fully saturated rings. The highest BCUT2D eigenvalue weighted by Gasteiger charge is 2.34. The molecule has 0 atom stereocenters. The van der Waals surface area contributed by atoms with E-state index in [9.17, 15) is 18.0 Å². The molecule has 6 nitrogen and oxygen atoms in total. The van der Waals surface area contributed by atoms with Gasteiger partial charge in [-0.1, -0.05) is 0 Å². The lowest BCUT2D eigenvalue weighted by Gasteiger charge is -2.15. The molecule has 0 aliphatic rings. The van der Waals surface area contributed by atoms with Crippen LogP contribution in [-0.4, -0.2) is 24.4 Å². The molecular formula is C9H10F3N3O3. The van der Waals surface area contributed by atoms with Crippen LogP contribution in [0, 0.1) is 0 Å². The maximum atomic E-state index is 12.2. The first-order valence-electron chi connectivity index (χ1n) is 4.61. The maximum Gasteiger partial charge on any atom is 0.573 e. The lowest BCUT2D eigenvalue weighted by Crippen LogP contribution is -2.21. The van der Waals surface area contributed by atoms with Crippen LogP contribution in [0.3, 0.4) is 0 Å². The van der Waals surface area contributed by atoms with Gasteiger partial charge in [0.2, 0.25) is 0 Å². The highest BCUT2D eigenvalue weighted by molar-refractivity contribution is 5.96. The number of nitrogens with zero attached hydrogens (tertiary/aromatic N) is 1.